The van der Waals surface area contributed by atoms with Crippen molar-refractivity contribution in [3.05, 3.63) is 83.2 Å². The Labute approximate surface area is 221 Å². The van der Waals surface area contributed by atoms with Gasteiger partial charge in [-0.3, -0.25) is 4.79 Å². The summed E-state index contributed by atoms with van der Waals surface area (Å²) in [6.45, 7) is 3.17. The summed E-state index contributed by atoms with van der Waals surface area (Å²) in [5, 5.41) is 25.0. The predicted octanol–water partition coefficient (Wildman–Crippen LogP) is 4.92. The van der Waals surface area contributed by atoms with Crippen LogP contribution in [0.25, 0.3) is 11.3 Å². The molecule has 0 bridgehead atoms. The SMILES string of the molecule is CC1CC(CNC(=O)c2ccc(-c3ccccc3C#N)nc2NCCc2cccc(F)c2)CCN1C(=O)O. The number of hydrogen-bond acceptors (Lipinski definition) is 5. The summed E-state index contributed by atoms with van der Waals surface area (Å²) < 4.78 is 13.6. The van der Waals surface area contributed by atoms with Crippen molar-refractivity contribution >= 4 is 17.8 Å². The lowest BCUT2D eigenvalue weighted by Gasteiger charge is -2.35. The Morgan fingerprint density at radius 1 is 1.18 bits per heavy atom. The lowest BCUT2D eigenvalue weighted by atomic mass is 9.92. The number of anilines is 1. The molecule has 2 unspecified atom stereocenters. The van der Waals surface area contributed by atoms with Crippen molar-refractivity contribution < 1.29 is 19.1 Å². The third-order valence-electron chi connectivity index (χ3n) is 6.84. The zero-order valence-corrected chi connectivity index (χ0v) is 21.2. The van der Waals surface area contributed by atoms with Crippen LogP contribution in [0.5, 0.6) is 0 Å². The summed E-state index contributed by atoms with van der Waals surface area (Å²) in [5.74, 6) is -0.0552. The van der Waals surface area contributed by atoms with Crippen molar-refractivity contribution in [2.24, 2.45) is 5.92 Å². The molecule has 1 saturated heterocycles. The van der Waals surface area contributed by atoms with Crippen LogP contribution in [0.3, 0.4) is 0 Å². The number of carbonyl (C=O) groups is 2. The smallest absolute Gasteiger partial charge is 0.407 e. The second kappa shape index (κ2) is 12.2. The molecule has 9 heteroatoms. The molecule has 3 N–H and O–H groups in total. The molecule has 1 aromatic heterocycles. The maximum absolute atomic E-state index is 13.6. The van der Waals surface area contributed by atoms with E-state index in [0.29, 0.717) is 67.1 Å². The largest absolute Gasteiger partial charge is 0.465 e. The van der Waals surface area contributed by atoms with Gasteiger partial charge in [0.2, 0.25) is 0 Å². The summed E-state index contributed by atoms with van der Waals surface area (Å²) >= 11 is 0. The van der Waals surface area contributed by atoms with Gasteiger partial charge in [0.05, 0.1) is 22.9 Å². The normalized spacial score (nSPS) is 16.9. The minimum absolute atomic E-state index is 0.107. The zero-order valence-electron chi connectivity index (χ0n) is 21.2. The van der Waals surface area contributed by atoms with Gasteiger partial charge in [0.1, 0.15) is 11.6 Å². The number of rotatable bonds is 8. The van der Waals surface area contributed by atoms with E-state index in [2.05, 4.69) is 21.7 Å². The third-order valence-corrected chi connectivity index (χ3v) is 6.84. The molecule has 4 rings (SSSR count). The van der Waals surface area contributed by atoms with E-state index in [1.54, 1.807) is 30.3 Å². The van der Waals surface area contributed by atoms with Crippen molar-refractivity contribution in [2.75, 3.05) is 25.0 Å². The van der Waals surface area contributed by atoms with Crippen LogP contribution in [0.15, 0.2) is 60.7 Å². The average Bonchev–Trinajstić information content (AvgIpc) is 2.91. The molecule has 1 aliphatic heterocycles. The van der Waals surface area contributed by atoms with Crippen LogP contribution in [-0.2, 0) is 6.42 Å². The van der Waals surface area contributed by atoms with Crippen LogP contribution in [0.4, 0.5) is 15.0 Å². The van der Waals surface area contributed by atoms with Crippen LogP contribution >= 0.6 is 0 Å². The maximum Gasteiger partial charge on any atom is 0.407 e. The maximum atomic E-state index is 13.6. The molecule has 0 aliphatic carbocycles. The second-order valence-electron chi connectivity index (χ2n) is 9.48. The Morgan fingerprint density at radius 3 is 2.74 bits per heavy atom. The summed E-state index contributed by atoms with van der Waals surface area (Å²) in [6, 6.07) is 19.0. The lowest BCUT2D eigenvalue weighted by molar-refractivity contribution is 0.0869. The van der Waals surface area contributed by atoms with Gasteiger partial charge >= 0.3 is 6.09 Å². The Bertz CT molecular complexity index is 1360. The highest BCUT2D eigenvalue weighted by atomic mass is 19.1. The van der Waals surface area contributed by atoms with Crippen molar-refractivity contribution in [1.82, 2.24) is 15.2 Å². The molecule has 196 valence electrons. The highest BCUT2D eigenvalue weighted by Gasteiger charge is 2.29. The standard InChI is InChI=1S/C29H30FN5O3/c1-19-15-21(12-14-35(19)29(37)38)18-33-28(36)25-9-10-26(24-8-3-2-6-22(24)17-31)34-27(25)32-13-11-20-5-4-7-23(30)16-20/h2-10,16,19,21H,11-15,18H2,1H3,(H,32,34)(H,33,36)(H,37,38). The molecule has 3 aromatic rings. The van der Waals surface area contributed by atoms with Gasteiger partial charge in [-0.15, -0.1) is 0 Å². The van der Waals surface area contributed by atoms with Crippen molar-refractivity contribution in [3.63, 3.8) is 0 Å². The molecule has 0 spiro atoms. The molecule has 8 nitrogen and oxygen atoms in total. The minimum atomic E-state index is -0.918. The highest BCUT2D eigenvalue weighted by molar-refractivity contribution is 5.99. The van der Waals surface area contributed by atoms with Gasteiger partial charge in [0, 0.05) is 31.2 Å². The number of carbonyl (C=O) groups excluding carboxylic acids is 1. The molecule has 1 aliphatic rings. The van der Waals surface area contributed by atoms with E-state index in [9.17, 15) is 24.3 Å². The lowest BCUT2D eigenvalue weighted by Crippen LogP contribution is -2.46. The van der Waals surface area contributed by atoms with Crippen LogP contribution in [0.1, 0.15) is 41.3 Å². The molecule has 1 fully saturated rings. The highest BCUT2D eigenvalue weighted by Crippen LogP contribution is 2.26. The van der Waals surface area contributed by atoms with E-state index in [1.165, 1.54) is 17.0 Å². The molecular formula is C29H30FN5O3. The molecule has 0 radical (unpaired) electrons. The number of piperidine rings is 1. The van der Waals surface area contributed by atoms with E-state index >= 15 is 0 Å². The molecule has 38 heavy (non-hydrogen) atoms. The predicted molar refractivity (Wildman–Crippen MR) is 142 cm³/mol. The third kappa shape index (κ3) is 6.45. The minimum Gasteiger partial charge on any atom is -0.465 e. The van der Waals surface area contributed by atoms with Gasteiger partial charge in [0.25, 0.3) is 5.91 Å². The number of pyridine rings is 1. The fourth-order valence-corrected chi connectivity index (χ4v) is 4.82. The van der Waals surface area contributed by atoms with Crippen LogP contribution in [-0.4, -0.2) is 52.7 Å². The van der Waals surface area contributed by atoms with Gasteiger partial charge in [-0.1, -0.05) is 30.3 Å². The monoisotopic (exact) mass is 515 g/mol. The molecule has 2 amide bonds. The first-order valence-corrected chi connectivity index (χ1v) is 12.6. The van der Waals surface area contributed by atoms with E-state index in [1.807, 2.05) is 25.1 Å². The van der Waals surface area contributed by atoms with Crippen LogP contribution in [0.2, 0.25) is 0 Å². The summed E-state index contributed by atoms with van der Waals surface area (Å²) in [4.78, 5) is 30.7. The van der Waals surface area contributed by atoms with Crippen molar-refractivity contribution in [1.29, 1.82) is 5.26 Å². The molecule has 2 atom stereocenters. The fourth-order valence-electron chi connectivity index (χ4n) is 4.82. The Kier molecular flexibility index (Phi) is 8.54. The van der Waals surface area contributed by atoms with Gasteiger partial charge < -0.3 is 20.6 Å². The number of nitrogens with one attached hydrogen (secondary N) is 2. The number of nitrogens with zero attached hydrogens (tertiary/aromatic N) is 3. The topological polar surface area (TPSA) is 118 Å². The Balaban J connectivity index is 1.50. The molecule has 2 heterocycles. The molecular weight excluding hydrogens is 485 g/mol. The van der Waals surface area contributed by atoms with E-state index in [0.717, 1.165) is 5.56 Å². The van der Waals surface area contributed by atoms with Gasteiger partial charge in [-0.25, -0.2) is 14.2 Å². The first-order valence-electron chi connectivity index (χ1n) is 12.6. The van der Waals surface area contributed by atoms with E-state index in [4.69, 9.17) is 0 Å². The summed E-state index contributed by atoms with van der Waals surface area (Å²) in [6.07, 6.45) is 0.961. The number of aromatic nitrogens is 1. The Morgan fingerprint density at radius 2 is 2.00 bits per heavy atom. The number of likely N-dealkylation sites (tertiary alicyclic amines) is 1. The number of hydrogen-bond donors (Lipinski definition) is 3. The first kappa shape index (κ1) is 26.6. The van der Waals surface area contributed by atoms with Gasteiger partial charge in [0.15, 0.2) is 0 Å². The summed E-state index contributed by atoms with van der Waals surface area (Å²) in [7, 11) is 0. The number of halogens is 1. The van der Waals surface area contributed by atoms with E-state index in [-0.39, 0.29) is 23.7 Å². The fraction of sp³-hybridized carbons (Fsp3) is 0.310. The second-order valence-corrected chi connectivity index (χ2v) is 9.48. The first-order chi connectivity index (χ1) is 18.4. The summed E-state index contributed by atoms with van der Waals surface area (Å²) in [5.41, 5.74) is 2.87. The van der Waals surface area contributed by atoms with Crippen LogP contribution < -0.4 is 10.6 Å². The van der Waals surface area contributed by atoms with Gasteiger partial charge in [-0.05, 0) is 68.0 Å². The van der Waals surface area contributed by atoms with Gasteiger partial charge in [-0.2, -0.15) is 5.26 Å². The van der Waals surface area contributed by atoms with E-state index < -0.39 is 6.09 Å². The zero-order chi connectivity index (χ0) is 27.1. The number of amides is 2. The van der Waals surface area contributed by atoms with Crippen molar-refractivity contribution in [3.8, 4) is 17.3 Å². The number of carboxylic acid groups (broad SMARTS) is 1. The molecule has 2 aromatic carbocycles. The molecule has 0 saturated carbocycles. The number of nitriles is 1. The Hall–Kier alpha value is -4.45. The van der Waals surface area contributed by atoms with Crippen LogP contribution in [0, 0.1) is 23.1 Å². The van der Waals surface area contributed by atoms with Crippen molar-refractivity contribution in [2.45, 2.75) is 32.2 Å². The average molecular weight is 516 g/mol. The number of benzene rings is 2. The quantitative estimate of drug-likeness (QED) is 0.392.